The maximum absolute atomic E-state index is 11.3. The summed E-state index contributed by atoms with van der Waals surface area (Å²) >= 11 is 0. The lowest BCUT2D eigenvalue weighted by Crippen LogP contribution is -2.36. The SMILES string of the molecule is CC(O)(Cc1ccccc1)C(c1ccccc1)c1ccccn1. The number of pyridine rings is 1. The third-order valence-corrected chi connectivity index (χ3v) is 4.14. The summed E-state index contributed by atoms with van der Waals surface area (Å²) in [6.07, 6.45) is 2.36. The Labute approximate surface area is 137 Å². The van der Waals surface area contributed by atoms with Crippen LogP contribution in [0.15, 0.2) is 85.1 Å². The van der Waals surface area contributed by atoms with Gasteiger partial charge in [-0.2, -0.15) is 0 Å². The maximum Gasteiger partial charge on any atom is 0.0783 e. The molecule has 0 bridgehead atoms. The molecule has 1 heterocycles. The summed E-state index contributed by atoms with van der Waals surface area (Å²) in [7, 11) is 0. The van der Waals surface area contributed by atoms with Gasteiger partial charge in [0.2, 0.25) is 0 Å². The third-order valence-electron chi connectivity index (χ3n) is 4.14. The molecule has 1 N–H and O–H groups in total. The maximum atomic E-state index is 11.3. The van der Waals surface area contributed by atoms with E-state index in [2.05, 4.69) is 29.2 Å². The minimum Gasteiger partial charge on any atom is -0.389 e. The molecular weight excluding hydrogens is 282 g/mol. The van der Waals surface area contributed by atoms with E-state index in [4.69, 9.17) is 0 Å². The van der Waals surface area contributed by atoms with Gasteiger partial charge in [0.25, 0.3) is 0 Å². The first kappa shape index (κ1) is 15.4. The minimum absolute atomic E-state index is 0.176. The average molecular weight is 303 g/mol. The van der Waals surface area contributed by atoms with Gasteiger partial charge in [-0.15, -0.1) is 0 Å². The molecule has 2 unspecified atom stereocenters. The van der Waals surface area contributed by atoms with E-state index in [9.17, 15) is 5.11 Å². The van der Waals surface area contributed by atoms with Crippen LogP contribution in [0.25, 0.3) is 0 Å². The van der Waals surface area contributed by atoms with Crippen molar-refractivity contribution in [3.05, 3.63) is 102 Å². The topological polar surface area (TPSA) is 33.1 Å². The van der Waals surface area contributed by atoms with Crippen LogP contribution in [0, 0.1) is 0 Å². The molecule has 3 aromatic rings. The first-order valence-electron chi connectivity index (χ1n) is 7.89. The zero-order valence-corrected chi connectivity index (χ0v) is 13.3. The van der Waals surface area contributed by atoms with E-state index in [-0.39, 0.29) is 5.92 Å². The minimum atomic E-state index is -0.933. The molecule has 2 nitrogen and oxygen atoms in total. The summed E-state index contributed by atoms with van der Waals surface area (Å²) in [5.74, 6) is -0.176. The molecule has 1 aromatic heterocycles. The monoisotopic (exact) mass is 303 g/mol. The Kier molecular flexibility index (Phi) is 4.54. The van der Waals surface area contributed by atoms with Crippen LogP contribution in [0.3, 0.4) is 0 Å². The molecule has 2 atom stereocenters. The van der Waals surface area contributed by atoms with E-state index in [0.29, 0.717) is 6.42 Å². The van der Waals surface area contributed by atoms with Crippen molar-refractivity contribution in [1.82, 2.24) is 4.98 Å². The highest BCUT2D eigenvalue weighted by molar-refractivity contribution is 5.33. The number of aliphatic hydroxyl groups is 1. The highest BCUT2D eigenvalue weighted by Crippen LogP contribution is 2.36. The Morgan fingerprint density at radius 1 is 0.870 bits per heavy atom. The highest BCUT2D eigenvalue weighted by Gasteiger charge is 2.35. The van der Waals surface area contributed by atoms with Crippen LogP contribution >= 0.6 is 0 Å². The molecule has 0 radical (unpaired) electrons. The molecule has 2 aromatic carbocycles. The van der Waals surface area contributed by atoms with E-state index < -0.39 is 5.60 Å². The van der Waals surface area contributed by atoms with Gasteiger partial charge in [0.1, 0.15) is 0 Å². The molecule has 116 valence electrons. The Morgan fingerprint density at radius 2 is 1.48 bits per heavy atom. The van der Waals surface area contributed by atoms with Crippen LogP contribution in [-0.2, 0) is 6.42 Å². The molecule has 3 rings (SSSR count). The number of aromatic nitrogens is 1. The molecule has 0 spiro atoms. The summed E-state index contributed by atoms with van der Waals surface area (Å²) in [6, 6.07) is 26.1. The summed E-state index contributed by atoms with van der Waals surface area (Å²) in [4.78, 5) is 4.50. The molecule has 0 aliphatic carbocycles. The fraction of sp³-hybridized carbons (Fsp3) is 0.190. The van der Waals surface area contributed by atoms with Crippen molar-refractivity contribution in [3.63, 3.8) is 0 Å². The van der Waals surface area contributed by atoms with Crippen molar-refractivity contribution in [2.45, 2.75) is 24.9 Å². The van der Waals surface area contributed by atoms with Gasteiger partial charge in [0.05, 0.1) is 17.2 Å². The van der Waals surface area contributed by atoms with Gasteiger partial charge >= 0.3 is 0 Å². The summed E-state index contributed by atoms with van der Waals surface area (Å²) in [5.41, 5.74) is 2.15. The van der Waals surface area contributed by atoms with Gasteiger partial charge in [0, 0.05) is 12.6 Å². The number of rotatable bonds is 5. The number of benzene rings is 2. The largest absolute Gasteiger partial charge is 0.389 e. The number of nitrogens with zero attached hydrogens (tertiary/aromatic N) is 1. The van der Waals surface area contributed by atoms with Gasteiger partial charge in [-0.1, -0.05) is 66.7 Å². The first-order valence-corrected chi connectivity index (χ1v) is 7.89. The van der Waals surface area contributed by atoms with E-state index in [0.717, 1.165) is 16.8 Å². The lowest BCUT2D eigenvalue weighted by atomic mass is 9.77. The zero-order chi connectivity index (χ0) is 16.1. The second-order valence-corrected chi connectivity index (χ2v) is 6.12. The molecular formula is C21H21NO. The van der Waals surface area contributed by atoms with E-state index in [1.54, 1.807) is 6.20 Å². The van der Waals surface area contributed by atoms with Crippen molar-refractivity contribution < 1.29 is 5.11 Å². The van der Waals surface area contributed by atoms with Crippen LogP contribution < -0.4 is 0 Å². The predicted molar refractivity (Wildman–Crippen MR) is 93.3 cm³/mol. The Hall–Kier alpha value is -2.45. The van der Waals surface area contributed by atoms with Crippen LogP contribution in [0.1, 0.15) is 29.7 Å². The van der Waals surface area contributed by atoms with Crippen LogP contribution in [0.4, 0.5) is 0 Å². The smallest absolute Gasteiger partial charge is 0.0783 e. The average Bonchev–Trinajstić information content (AvgIpc) is 2.57. The number of hydrogen-bond donors (Lipinski definition) is 1. The fourth-order valence-corrected chi connectivity index (χ4v) is 3.15. The molecule has 0 aliphatic heterocycles. The third kappa shape index (κ3) is 3.66. The second kappa shape index (κ2) is 6.76. The van der Waals surface area contributed by atoms with Crippen LogP contribution in [0.5, 0.6) is 0 Å². The fourth-order valence-electron chi connectivity index (χ4n) is 3.15. The van der Waals surface area contributed by atoms with E-state index in [1.807, 2.05) is 61.5 Å². The Morgan fingerprint density at radius 3 is 2.09 bits per heavy atom. The van der Waals surface area contributed by atoms with Gasteiger partial charge in [-0.3, -0.25) is 4.98 Å². The molecule has 0 saturated carbocycles. The summed E-state index contributed by atoms with van der Waals surface area (Å²) in [5, 5.41) is 11.3. The lowest BCUT2D eigenvalue weighted by Gasteiger charge is -2.33. The van der Waals surface area contributed by atoms with Gasteiger partial charge in [-0.05, 0) is 30.2 Å². The molecule has 23 heavy (non-hydrogen) atoms. The summed E-state index contributed by atoms with van der Waals surface area (Å²) in [6.45, 7) is 1.90. The lowest BCUT2D eigenvalue weighted by molar-refractivity contribution is 0.0419. The van der Waals surface area contributed by atoms with Crippen molar-refractivity contribution in [1.29, 1.82) is 0 Å². The van der Waals surface area contributed by atoms with Gasteiger partial charge in [0.15, 0.2) is 0 Å². The van der Waals surface area contributed by atoms with Crippen LogP contribution in [0.2, 0.25) is 0 Å². The van der Waals surface area contributed by atoms with Crippen molar-refractivity contribution in [2.24, 2.45) is 0 Å². The predicted octanol–water partition coefficient (Wildman–Crippen LogP) is 4.21. The number of hydrogen-bond acceptors (Lipinski definition) is 2. The molecule has 0 fully saturated rings. The van der Waals surface area contributed by atoms with Gasteiger partial charge < -0.3 is 5.11 Å². The normalized spacial score (nSPS) is 14.9. The second-order valence-electron chi connectivity index (χ2n) is 6.12. The van der Waals surface area contributed by atoms with E-state index in [1.165, 1.54) is 0 Å². The molecule has 0 amide bonds. The van der Waals surface area contributed by atoms with E-state index >= 15 is 0 Å². The standard InChI is InChI=1S/C21H21NO/c1-21(23,16-17-10-4-2-5-11-17)20(18-12-6-3-7-13-18)19-14-8-9-15-22-19/h2-15,20,23H,16H2,1H3. The highest BCUT2D eigenvalue weighted by atomic mass is 16.3. The van der Waals surface area contributed by atoms with Crippen LogP contribution in [-0.4, -0.2) is 15.7 Å². The Balaban J connectivity index is 2.01. The Bertz CT molecular complexity index is 684. The van der Waals surface area contributed by atoms with Crippen molar-refractivity contribution in [3.8, 4) is 0 Å². The van der Waals surface area contributed by atoms with Crippen molar-refractivity contribution in [2.75, 3.05) is 0 Å². The first-order chi connectivity index (χ1) is 11.2. The molecule has 0 saturated heterocycles. The summed E-state index contributed by atoms with van der Waals surface area (Å²) < 4.78 is 0. The zero-order valence-electron chi connectivity index (χ0n) is 13.3. The quantitative estimate of drug-likeness (QED) is 0.766. The molecule has 0 aliphatic rings. The molecule has 2 heteroatoms. The van der Waals surface area contributed by atoms with Crippen molar-refractivity contribution >= 4 is 0 Å². The van der Waals surface area contributed by atoms with Gasteiger partial charge in [-0.25, -0.2) is 0 Å².